The molecule has 96 valence electrons. The number of nitriles is 1. The van der Waals surface area contributed by atoms with Crippen LogP contribution in [0.4, 0.5) is 5.69 Å². The van der Waals surface area contributed by atoms with Crippen molar-refractivity contribution in [2.24, 2.45) is 0 Å². The van der Waals surface area contributed by atoms with Gasteiger partial charge in [-0.2, -0.15) is 5.26 Å². The molecule has 0 radical (unpaired) electrons. The largest absolute Gasteiger partial charge is 0.383 e. The van der Waals surface area contributed by atoms with Crippen molar-refractivity contribution >= 4 is 28.9 Å². The quantitative estimate of drug-likeness (QED) is 0.885. The Hall–Kier alpha value is -1.69. The Morgan fingerprint density at radius 2 is 1.79 bits per heavy atom. The minimum Gasteiger partial charge on any atom is -0.383 e. The van der Waals surface area contributed by atoms with Crippen LogP contribution in [0.1, 0.15) is 11.5 Å². The summed E-state index contributed by atoms with van der Waals surface area (Å²) in [6.45, 7) is 0.526. The fourth-order valence-electron chi connectivity index (χ4n) is 1.75. The summed E-state index contributed by atoms with van der Waals surface area (Å²) < 4.78 is 0. The summed E-state index contributed by atoms with van der Waals surface area (Å²) >= 11 is 11.8. The van der Waals surface area contributed by atoms with Crippen molar-refractivity contribution in [1.29, 1.82) is 5.26 Å². The predicted molar refractivity (Wildman–Crippen MR) is 79.7 cm³/mol. The second kappa shape index (κ2) is 6.47. The van der Waals surface area contributed by atoms with Crippen molar-refractivity contribution in [3.05, 3.63) is 64.1 Å². The molecule has 0 spiro atoms. The zero-order valence-electron chi connectivity index (χ0n) is 10.1. The number of halogens is 2. The maximum atomic E-state index is 9.22. The van der Waals surface area contributed by atoms with Crippen molar-refractivity contribution < 1.29 is 0 Å². The lowest BCUT2D eigenvalue weighted by atomic mass is 10.0. The van der Waals surface area contributed by atoms with Crippen LogP contribution in [-0.4, -0.2) is 6.54 Å². The minimum atomic E-state index is -0.198. The number of nitrogens with zero attached hydrogens (tertiary/aromatic N) is 1. The SMILES string of the molecule is N#CC(CNc1ccc(Cl)c(Cl)c1)c1ccccc1. The number of anilines is 1. The number of hydrogen-bond acceptors (Lipinski definition) is 2. The first kappa shape index (κ1) is 13.7. The highest BCUT2D eigenvalue weighted by molar-refractivity contribution is 6.42. The fourth-order valence-corrected chi connectivity index (χ4v) is 2.05. The summed E-state index contributed by atoms with van der Waals surface area (Å²) in [5.74, 6) is -0.198. The van der Waals surface area contributed by atoms with Crippen LogP contribution in [0.5, 0.6) is 0 Å². The molecule has 19 heavy (non-hydrogen) atoms. The van der Waals surface area contributed by atoms with Crippen LogP contribution in [-0.2, 0) is 0 Å². The van der Waals surface area contributed by atoms with E-state index in [-0.39, 0.29) is 5.92 Å². The van der Waals surface area contributed by atoms with Crippen LogP contribution in [0.25, 0.3) is 0 Å². The predicted octanol–water partition coefficient (Wildman–Crippen LogP) is 4.71. The van der Waals surface area contributed by atoms with E-state index in [4.69, 9.17) is 23.2 Å². The van der Waals surface area contributed by atoms with Gasteiger partial charge in [0.05, 0.1) is 22.0 Å². The lowest BCUT2D eigenvalue weighted by Gasteiger charge is -2.12. The lowest BCUT2D eigenvalue weighted by molar-refractivity contribution is 0.901. The molecule has 0 bridgehead atoms. The van der Waals surface area contributed by atoms with Gasteiger partial charge < -0.3 is 5.32 Å². The third kappa shape index (κ3) is 3.64. The molecule has 0 aromatic heterocycles. The molecule has 0 heterocycles. The van der Waals surface area contributed by atoms with Crippen molar-refractivity contribution in [1.82, 2.24) is 0 Å². The lowest BCUT2D eigenvalue weighted by Crippen LogP contribution is -2.11. The van der Waals surface area contributed by atoms with E-state index in [1.165, 1.54) is 0 Å². The molecule has 1 unspecified atom stereocenters. The summed E-state index contributed by atoms with van der Waals surface area (Å²) in [5.41, 5.74) is 1.85. The first-order valence-corrected chi connectivity index (χ1v) is 6.60. The van der Waals surface area contributed by atoms with Crippen LogP contribution in [0.2, 0.25) is 10.0 Å². The van der Waals surface area contributed by atoms with Crippen LogP contribution < -0.4 is 5.32 Å². The van der Waals surface area contributed by atoms with Crippen molar-refractivity contribution in [2.45, 2.75) is 5.92 Å². The molecule has 0 fully saturated rings. The smallest absolute Gasteiger partial charge is 0.0885 e. The summed E-state index contributed by atoms with van der Waals surface area (Å²) in [6, 6.07) is 17.3. The first-order chi connectivity index (χ1) is 9.20. The van der Waals surface area contributed by atoms with Gasteiger partial charge in [0.1, 0.15) is 0 Å². The van der Waals surface area contributed by atoms with Gasteiger partial charge in [-0.25, -0.2) is 0 Å². The highest BCUT2D eigenvalue weighted by Crippen LogP contribution is 2.25. The van der Waals surface area contributed by atoms with Gasteiger partial charge in [-0.1, -0.05) is 53.5 Å². The molecule has 0 saturated heterocycles. The minimum absolute atomic E-state index is 0.198. The van der Waals surface area contributed by atoms with Gasteiger partial charge in [0.25, 0.3) is 0 Å². The van der Waals surface area contributed by atoms with Gasteiger partial charge in [0.2, 0.25) is 0 Å². The molecule has 0 saturated carbocycles. The maximum absolute atomic E-state index is 9.22. The van der Waals surface area contributed by atoms with Crippen LogP contribution >= 0.6 is 23.2 Å². The van der Waals surface area contributed by atoms with E-state index in [0.29, 0.717) is 16.6 Å². The van der Waals surface area contributed by atoms with Crippen molar-refractivity contribution in [2.75, 3.05) is 11.9 Å². The van der Waals surface area contributed by atoms with E-state index in [9.17, 15) is 5.26 Å². The van der Waals surface area contributed by atoms with Crippen molar-refractivity contribution in [3.63, 3.8) is 0 Å². The average Bonchev–Trinajstić information content (AvgIpc) is 2.44. The molecule has 0 aliphatic carbocycles. The fraction of sp³-hybridized carbons (Fsp3) is 0.133. The van der Waals surface area contributed by atoms with E-state index in [0.717, 1.165) is 11.3 Å². The molecular weight excluding hydrogens is 279 g/mol. The number of benzene rings is 2. The van der Waals surface area contributed by atoms with E-state index in [2.05, 4.69) is 11.4 Å². The van der Waals surface area contributed by atoms with E-state index in [1.807, 2.05) is 36.4 Å². The number of hydrogen-bond donors (Lipinski definition) is 1. The third-order valence-electron chi connectivity index (χ3n) is 2.79. The zero-order valence-corrected chi connectivity index (χ0v) is 11.6. The Labute approximate surface area is 122 Å². The van der Waals surface area contributed by atoms with Gasteiger partial charge in [-0.05, 0) is 23.8 Å². The highest BCUT2D eigenvalue weighted by Gasteiger charge is 2.09. The monoisotopic (exact) mass is 290 g/mol. The molecule has 4 heteroatoms. The highest BCUT2D eigenvalue weighted by atomic mass is 35.5. The molecule has 0 aliphatic heterocycles. The zero-order chi connectivity index (χ0) is 13.7. The Balaban J connectivity index is 2.05. The van der Waals surface area contributed by atoms with Crippen LogP contribution in [0.15, 0.2) is 48.5 Å². The Kier molecular flexibility index (Phi) is 4.68. The summed E-state index contributed by atoms with van der Waals surface area (Å²) in [7, 11) is 0. The first-order valence-electron chi connectivity index (χ1n) is 5.84. The average molecular weight is 291 g/mol. The van der Waals surface area contributed by atoms with Gasteiger partial charge >= 0.3 is 0 Å². The molecule has 2 aromatic carbocycles. The molecule has 0 aliphatic rings. The summed E-state index contributed by atoms with van der Waals surface area (Å²) in [4.78, 5) is 0. The molecular formula is C15H12Cl2N2. The van der Waals surface area contributed by atoms with E-state index < -0.39 is 0 Å². The molecule has 1 atom stereocenters. The second-order valence-electron chi connectivity index (χ2n) is 4.10. The van der Waals surface area contributed by atoms with E-state index in [1.54, 1.807) is 12.1 Å². The molecule has 0 amide bonds. The van der Waals surface area contributed by atoms with Crippen molar-refractivity contribution in [3.8, 4) is 6.07 Å². The Bertz CT molecular complexity index is 591. The molecule has 2 rings (SSSR count). The Morgan fingerprint density at radius 3 is 2.42 bits per heavy atom. The van der Waals surface area contributed by atoms with Crippen LogP contribution in [0.3, 0.4) is 0 Å². The van der Waals surface area contributed by atoms with Gasteiger partial charge in [-0.15, -0.1) is 0 Å². The van der Waals surface area contributed by atoms with Crippen LogP contribution in [0, 0.1) is 11.3 Å². The summed E-state index contributed by atoms with van der Waals surface area (Å²) in [6.07, 6.45) is 0. The van der Waals surface area contributed by atoms with Gasteiger partial charge in [-0.3, -0.25) is 0 Å². The van der Waals surface area contributed by atoms with Gasteiger partial charge in [0, 0.05) is 12.2 Å². The standard InChI is InChI=1S/C15H12Cl2N2/c16-14-7-6-13(8-15(14)17)19-10-12(9-18)11-4-2-1-3-5-11/h1-8,12,19H,10H2. The second-order valence-corrected chi connectivity index (χ2v) is 4.92. The normalized spacial score (nSPS) is 11.6. The molecule has 2 aromatic rings. The van der Waals surface area contributed by atoms with Gasteiger partial charge in [0.15, 0.2) is 0 Å². The Morgan fingerprint density at radius 1 is 1.05 bits per heavy atom. The molecule has 1 N–H and O–H groups in total. The molecule has 2 nitrogen and oxygen atoms in total. The number of rotatable bonds is 4. The topological polar surface area (TPSA) is 35.8 Å². The summed E-state index contributed by atoms with van der Waals surface area (Å²) in [5, 5.41) is 13.4. The maximum Gasteiger partial charge on any atom is 0.0885 e. The van der Waals surface area contributed by atoms with E-state index >= 15 is 0 Å². The number of nitrogens with one attached hydrogen (secondary N) is 1. The third-order valence-corrected chi connectivity index (χ3v) is 3.53.